The van der Waals surface area contributed by atoms with Crippen molar-refractivity contribution in [2.75, 3.05) is 196 Å². The number of carbonyl (C=O) groups excluding carboxylic acids is 7. The molecule has 0 aliphatic rings. The van der Waals surface area contributed by atoms with Crippen LogP contribution in [0.3, 0.4) is 0 Å². The first-order chi connectivity index (χ1) is 56.0. The van der Waals surface area contributed by atoms with Crippen LogP contribution in [0.2, 0.25) is 0 Å². The molecule has 0 saturated carbocycles. The van der Waals surface area contributed by atoms with Crippen molar-refractivity contribution >= 4 is 77.6 Å². The summed E-state index contributed by atoms with van der Waals surface area (Å²) in [4.78, 5) is 78.6. The lowest BCUT2D eigenvalue weighted by atomic mass is 10.1. The number of ketones is 3. The van der Waals surface area contributed by atoms with E-state index in [9.17, 15) is 64.0 Å². The molecule has 0 unspecified atom stereocenters. The Hall–Kier alpha value is -7.43. The Morgan fingerprint density at radius 1 is 0.532 bits per heavy atom. The average molecular weight is 1850 g/mol. The molecule has 0 spiro atoms. The van der Waals surface area contributed by atoms with Gasteiger partial charge in [-0.25, -0.2) is 22.7 Å². The number of rotatable bonds is 12. The molecule has 32 nitrogen and oxygen atoms in total. The highest BCUT2D eigenvalue weighted by molar-refractivity contribution is 7.88. The number of carbonyl (C=O) groups is 7. The van der Waals surface area contributed by atoms with Crippen LogP contribution in [0, 0.1) is 18.2 Å². The lowest BCUT2D eigenvalue weighted by molar-refractivity contribution is -0.823. The summed E-state index contributed by atoms with van der Waals surface area (Å²) in [6, 6.07) is 27.5. The predicted octanol–water partition coefficient (Wildman–Crippen LogP) is 16.2. The van der Waals surface area contributed by atoms with E-state index in [4.69, 9.17) is 20.3 Å². The number of nitrogens with one attached hydrogen (secondary N) is 1. The number of benzene rings is 3. The van der Waals surface area contributed by atoms with Gasteiger partial charge in [-0.05, 0) is 163 Å². The highest BCUT2D eigenvalue weighted by atomic mass is 32.3. The van der Waals surface area contributed by atoms with E-state index in [0.717, 1.165) is 69.6 Å². The predicted molar refractivity (Wildman–Crippen MR) is 522 cm³/mol. The van der Waals surface area contributed by atoms with Gasteiger partial charge in [0.25, 0.3) is 10.1 Å². The van der Waals surface area contributed by atoms with E-state index in [0.29, 0.717) is 16.7 Å². The fraction of sp³-hybridized carbons (Fsp3) is 0.629. The fourth-order valence-corrected chi connectivity index (χ4v) is 2.80. The molecule has 3 rings (SSSR count). The third-order valence-corrected chi connectivity index (χ3v) is 10.6. The summed E-state index contributed by atoms with van der Waals surface area (Å²) in [6.07, 6.45) is 4.82. The summed E-state index contributed by atoms with van der Waals surface area (Å²) in [6.45, 7) is 55.3. The molecule has 4 N–H and O–H groups in total. The highest BCUT2D eigenvalue weighted by Crippen LogP contribution is 2.06. The van der Waals surface area contributed by atoms with E-state index in [-0.39, 0.29) is 51.5 Å². The number of aliphatic hydroxyl groups is 1. The minimum absolute atomic E-state index is 0. The van der Waals surface area contributed by atoms with E-state index < -0.39 is 36.7 Å². The Bertz CT molecular complexity index is 2930. The Balaban J connectivity index is -0.0000000512. The molecular formula is C89H185N7O25S3. The number of allylic oxidation sites excluding steroid dienone is 2. The van der Waals surface area contributed by atoms with E-state index in [1.165, 1.54) is 106 Å². The zero-order chi connectivity index (χ0) is 104. The number of aliphatic hydroxyl groups excluding tert-OH is 1. The normalized spacial score (nSPS) is 8.99. The summed E-state index contributed by atoms with van der Waals surface area (Å²) >= 11 is 0. The van der Waals surface area contributed by atoms with E-state index >= 15 is 0 Å². The molecule has 124 heavy (non-hydrogen) atoms. The summed E-state index contributed by atoms with van der Waals surface area (Å²) in [5, 5.41) is 18.1. The number of nitrogens with two attached hydrogens (primary N) is 1. The number of unbranched alkanes of at least 4 members (excludes halogenated alkanes) is 1. The van der Waals surface area contributed by atoms with Gasteiger partial charge >= 0.3 is 28.5 Å². The lowest BCUT2D eigenvalue weighted by Gasteiger charge is -2.27. The second kappa shape index (κ2) is 122. The van der Waals surface area contributed by atoms with Gasteiger partial charge < -0.3 is 72.9 Å². The van der Waals surface area contributed by atoms with Crippen LogP contribution in [0.4, 0.5) is 4.79 Å². The number of methoxy groups -OCH3 is 7. The molecule has 0 radical (unpaired) electrons. The minimum atomic E-state index is -3.66. The standard InChI is InChI=1S/C10H10O2.C8H8O2.C6H6.C6H12.C5H12O.C4H9NO.C4H11N.C4H9N.C4H11N.C4H10O.C4H10.C3H9NO.C3H9N.C3H6O3.C3H6O2.C3H8O.C3H6O.C2H7NO2S.C2H6O4S.C2H6O3S.C2H6O.2C2H4/c1-7(11)9-3-5-10(6-4-9)8(2)12;1-10-8(9)7-5-3-2-4-6-7;1-2-4-6-5-3-1;1-5(2)6(3)4;1-3-4-5-6-2;1-4(6)5(2)3;1-5(2,3)4;1-4(2)5-3;1-4(2,3)5;1-3-4-5-2;1-4(2)3;1-4(2,3)5;1-4(2)3;1-5-3(4)6-2;1-3(4)5-2;2*1-3(2)4;1-3-6(2,4)5;1-5-7(3,4)6-2;1-5-6(2,3)4;1-3-2;2*1-2/h3-6H,1-2H3;2-6H,1H3;1-6H;1-4H3;3-5H2,1-2H3;1-3H3;1H2,2-4H3;1-3H3;5H2,1-3H3;3-4H2,1-2H3;4H,1-3H3;1-3H3;1-3H3;1-2H3;1-2H3;3-4H,1-2H3;1-2H3;3H,1-2H3;1-2H3;1-2H3;1-2H3;2*1-2H2. The number of Topliss-reactive ketones (excluding diaryl/α,β-unsaturated/α-hetero) is 3. The van der Waals surface area contributed by atoms with Crippen LogP contribution in [0.15, 0.2) is 133 Å². The van der Waals surface area contributed by atoms with Gasteiger partial charge in [0.1, 0.15) is 5.78 Å². The number of esters is 2. The van der Waals surface area contributed by atoms with Gasteiger partial charge in [-0.2, -0.15) is 16.8 Å². The van der Waals surface area contributed by atoms with Crippen LogP contribution in [0.1, 0.15) is 203 Å². The average Bonchev–Trinajstić information content (AvgIpc) is 0.888. The second-order valence-corrected chi connectivity index (χ2v) is 33.8. The maximum atomic E-state index is 10.8. The Morgan fingerprint density at radius 2 is 0.734 bits per heavy atom. The number of hydroxylamine groups is 3. The largest absolute Gasteiger partial charge is 0.633 e. The van der Waals surface area contributed by atoms with Crippen molar-refractivity contribution < 1.29 is 119 Å². The second-order valence-electron chi connectivity index (χ2n) is 28.6. The van der Waals surface area contributed by atoms with Crippen molar-refractivity contribution in [3.8, 4) is 0 Å². The molecule has 0 aliphatic carbocycles. The fourth-order valence-electron chi connectivity index (χ4n) is 2.66. The van der Waals surface area contributed by atoms with E-state index in [1.807, 2.05) is 124 Å². The number of aliphatic imine (C=N–C) groups is 1. The van der Waals surface area contributed by atoms with Gasteiger partial charge in [-0.1, -0.05) is 131 Å². The number of nitrogens with zero attached hydrogens (tertiary/aromatic N) is 5. The Morgan fingerprint density at radius 3 is 0.806 bits per heavy atom. The van der Waals surface area contributed by atoms with E-state index in [2.05, 4.69) is 142 Å². The van der Waals surface area contributed by atoms with Crippen LogP contribution in [0.25, 0.3) is 0 Å². The third kappa shape index (κ3) is 366. The maximum absolute atomic E-state index is 10.8. The van der Waals surface area contributed by atoms with Gasteiger partial charge in [0, 0.05) is 126 Å². The molecule has 0 atom stereocenters. The zero-order valence-corrected chi connectivity index (χ0v) is 89.1. The van der Waals surface area contributed by atoms with Crippen molar-refractivity contribution in [1.82, 2.24) is 14.5 Å². The first kappa shape index (κ1) is 167. The first-order valence-electron chi connectivity index (χ1n) is 38.2. The minimum Gasteiger partial charge on any atom is -0.633 e. The van der Waals surface area contributed by atoms with Gasteiger partial charge in [0.15, 0.2) is 11.6 Å². The number of ether oxygens (including phenoxy) is 7. The van der Waals surface area contributed by atoms with Crippen LogP contribution in [0.5, 0.6) is 0 Å². The van der Waals surface area contributed by atoms with Crippen LogP contribution >= 0.6 is 0 Å². The number of sulfonamides is 1. The zero-order valence-electron chi connectivity index (χ0n) is 86.7. The Kier molecular flexibility index (Phi) is 164. The van der Waals surface area contributed by atoms with Crippen molar-refractivity contribution in [2.24, 2.45) is 16.6 Å². The van der Waals surface area contributed by atoms with Crippen molar-refractivity contribution in [1.29, 1.82) is 0 Å². The van der Waals surface area contributed by atoms with Crippen molar-refractivity contribution in [2.45, 2.75) is 183 Å². The van der Waals surface area contributed by atoms with Gasteiger partial charge in [0.05, 0.1) is 89.0 Å². The monoisotopic (exact) mass is 1850 g/mol. The molecule has 0 heterocycles. The molecule has 35 heteroatoms. The molecule has 3 aromatic rings. The summed E-state index contributed by atoms with van der Waals surface area (Å²) in [7, 11) is 32.4. The van der Waals surface area contributed by atoms with Gasteiger partial charge in [-0.15, -0.1) is 33.4 Å². The number of amides is 1. The van der Waals surface area contributed by atoms with Crippen LogP contribution < -0.4 is 10.5 Å². The number of quaternary nitrogens is 2. The van der Waals surface area contributed by atoms with E-state index in [1.54, 1.807) is 133 Å². The molecule has 744 valence electrons. The van der Waals surface area contributed by atoms with Crippen LogP contribution in [-0.4, -0.2) is 304 Å². The molecule has 0 aliphatic heterocycles. The molecule has 1 amide bonds. The number of hydrogen-bond acceptors (Lipinski definition) is 28. The van der Waals surface area contributed by atoms with Crippen molar-refractivity contribution in [3.05, 3.63) is 157 Å². The topological polar surface area (TPSA) is 414 Å². The Labute approximate surface area is 759 Å². The van der Waals surface area contributed by atoms with Gasteiger partial charge in [0.2, 0.25) is 15.9 Å². The van der Waals surface area contributed by atoms with Crippen molar-refractivity contribution in [3.63, 3.8) is 0 Å². The molecule has 0 saturated heterocycles. The summed E-state index contributed by atoms with van der Waals surface area (Å²) in [5.74, 6) is 0.593. The maximum Gasteiger partial charge on any atom is 0.507 e. The smallest absolute Gasteiger partial charge is 0.507 e. The summed E-state index contributed by atoms with van der Waals surface area (Å²) < 4.78 is 104. The molecule has 0 bridgehead atoms. The van der Waals surface area contributed by atoms with Crippen LogP contribution in [-0.2, 0) is 90.6 Å². The molecular weight excluding hydrogens is 1660 g/mol. The summed E-state index contributed by atoms with van der Waals surface area (Å²) in [5.41, 5.74) is 11.2. The highest BCUT2D eigenvalue weighted by Gasteiger charge is 2.03. The first-order valence-corrected chi connectivity index (χ1v) is 43.3. The molecule has 3 aromatic carbocycles. The SMILES string of the molecule is C=C.C=C.CC(=O)N(C)C.CC(=O)c1ccc(C(C)=O)cc1.CC(C)(C)N.CC(C)=C(C)C.CC(C)=O.CC(C)C.CC(C)O.CCCCOC.CCCOC.CN(C)C.CN=C(C)C.CNS(C)(=O)=O.COC.COC(=O)OC.COC(=O)c1ccccc1.COC(C)=O.COS(=O)(=O)OC.COS(C)(=O)=O.C[N+](C)(C)[O-].[CH2-][N+](C)(C)C.c1ccccc1. The quantitative estimate of drug-likeness (QED) is 0.0145. The number of hydrogen-bond donors (Lipinski definition) is 3. The lowest BCUT2D eigenvalue weighted by Crippen LogP contribution is -2.26. The third-order valence-electron chi connectivity index (χ3n) is 8.45. The molecule has 0 fully saturated rings. The molecule has 0 aromatic heterocycles. The van der Waals surface area contributed by atoms with Gasteiger partial charge in [-0.3, -0.25) is 36.7 Å².